The van der Waals surface area contributed by atoms with Crippen LogP contribution in [0.3, 0.4) is 0 Å². The van der Waals surface area contributed by atoms with E-state index in [2.05, 4.69) is 115 Å². The molecule has 14 aromatic rings. The zero-order valence-corrected chi connectivity index (χ0v) is 41.6. The number of aromatic nitrogens is 4. The minimum atomic E-state index is -1.79. The highest BCUT2D eigenvalue weighted by atomic mass is 16.2. The fourth-order valence-electron chi connectivity index (χ4n) is 13.1. The minimum Gasteiger partial charge on any atom is -0.307 e. The fraction of sp³-hybridized carbons (Fsp3) is 0.0448. The molecular formula is C67H42N6O4. The molecule has 6 heterocycles. The fourth-order valence-corrected chi connectivity index (χ4v) is 13.1. The Balaban J connectivity index is 0.894. The Hall–Kier alpha value is -10.3. The van der Waals surface area contributed by atoms with E-state index in [-0.39, 0.29) is 22.3 Å². The van der Waals surface area contributed by atoms with Crippen molar-refractivity contribution >= 4 is 111 Å². The molecule has 10 nitrogen and oxygen atoms in total. The lowest BCUT2D eigenvalue weighted by atomic mass is 10.1. The Kier molecular flexibility index (Phi) is 8.61. The van der Waals surface area contributed by atoms with Gasteiger partial charge in [0.05, 0.1) is 89.1 Å². The van der Waals surface area contributed by atoms with Crippen molar-refractivity contribution in [2.24, 2.45) is 0 Å². The Morgan fingerprint density at radius 1 is 0.247 bits per heavy atom. The molecule has 16 rings (SSSR count). The minimum absolute atomic E-state index is 0.170. The molecule has 4 aromatic heterocycles. The maximum Gasteiger partial charge on any atom is 0.263 e. The third-order valence-corrected chi connectivity index (χ3v) is 16.3. The predicted octanol–water partition coefficient (Wildman–Crippen LogP) is 14.7. The van der Waals surface area contributed by atoms with E-state index < -0.39 is 29.3 Å². The number of carbonyl (C=O) groups is 4. The van der Waals surface area contributed by atoms with Gasteiger partial charge in [-0.2, -0.15) is 0 Å². The normalized spacial score (nSPS) is 13.9. The Morgan fingerprint density at radius 2 is 0.403 bits per heavy atom. The molecule has 4 amide bonds. The largest absolute Gasteiger partial charge is 0.307 e. The van der Waals surface area contributed by atoms with E-state index in [1.54, 1.807) is 13.8 Å². The van der Waals surface area contributed by atoms with Gasteiger partial charge in [0.15, 0.2) is 0 Å². The Bertz CT molecular complexity index is 4190. The van der Waals surface area contributed by atoms with Crippen LogP contribution in [0.1, 0.15) is 55.3 Å². The monoisotopic (exact) mass is 994 g/mol. The maximum absolute atomic E-state index is 15.5. The summed E-state index contributed by atoms with van der Waals surface area (Å²) in [6, 6.07) is 72.8. The number of fused-ring (bicyclic) bond motifs is 14. The summed E-state index contributed by atoms with van der Waals surface area (Å²) in [5.41, 5.74) is 9.04. The molecule has 0 bridgehead atoms. The van der Waals surface area contributed by atoms with Crippen LogP contribution >= 0.6 is 0 Å². The molecule has 2 aliphatic heterocycles. The van der Waals surface area contributed by atoms with E-state index in [4.69, 9.17) is 0 Å². The van der Waals surface area contributed by atoms with Crippen LogP contribution in [0.15, 0.2) is 218 Å². The first-order valence-electron chi connectivity index (χ1n) is 25.8. The van der Waals surface area contributed by atoms with E-state index in [9.17, 15) is 0 Å². The van der Waals surface area contributed by atoms with Crippen LogP contribution in [0.2, 0.25) is 0 Å². The molecule has 0 fully saturated rings. The van der Waals surface area contributed by atoms with Gasteiger partial charge in [-0.05, 0) is 86.6 Å². The standard InChI is InChI=1S/C67H42N6O4/c1-67(2,72-63(74)47-35-59(68-51-27-11-3-19-39(51)40-20-4-12-28-52(40)68)60(36-48(47)64(72)75)69-53-29-13-5-21-41(53)42-22-6-14-30-54(42)69)73-65(76)49-37-61(70-55-31-15-7-23-43(55)44-24-8-16-32-56(44)70)62(38-50(49)66(73)77)71-57-33-17-9-25-45(57)46-26-10-18-34-58(46)71/h3-38H,1-2H3. The zero-order valence-electron chi connectivity index (χ0n) is 41.6. The van der Waals surface area contributed by atoms with Gasteiger partial charge in [0, 0.05) is 43.1 Å². The summed E-state index contributed by atoms with van der Waals surface area (Å²) in [5, 5.41) is 8.30. The topological polar surface area (TPSA) is 94.5 Å². The first kappa shape index (κ1) is 43.1. The summed E-state index contributed by atoms with van der Waals surface area (Å²) >= 11 is 0. The Morgan fingerprint density at radius 3 is 0.571 bits per heavy atom. The molecule has 364 valence electrons. The Labute approximate surface area is 439 Å². The number of carbonyl (C=O) groups excluding carboxylic acids is 4. The average molecular weight is 995 g/mol. The summed E-state index contributed by atoms with van der Waals surface area (Å²) in [4.78, 5) is 64.3. The van der Waals surface area contributed by atoms with Crippen molar-refractivity contribution in [3.63, 3.8) is 0 Å². The highest BCUT2D eigenvalue weighted by Crippen LogP contribution is 2.45. The molecule has 0 saturated carbocycles. The van der Waals surface area contributed by atoms with E-state index in [1.165, 1.54) is 0 Å². The van der Waals surface area contributed by atoms with Gasteiger partial charge in [0.1, 0.15) is 5.66 Å². The van der Waals surface area contributed by atoms with Gasteiger partial charge >= 0.3 is 0 Å². The molecule has 2 aliphatic rings. The van der Waals surface area contributed by atoms with Gasteiger partial charge in [0.25, 0.3) is 23.6 Å². The number of para-hydroxylation sites is 8. The number of hydrogen-bond donors (Lipinski definition) is 0. The molecule has 0 spiro atoms. The van der Waals surface area contributed by atoms with Crippen molar-refractivity contribution in [3.8, 4) is 22.7 Å². The molecule has 0 unspecified atom stereocenters. The second-order valence-corrected chi connectivity index (χ2v) is 20.6. The lowest BCUT2D eigenvalue weighted by Crippen LogP contribution is -2.60. The molecule has 0 aliphatic carbocycles. The van der Waals surface area contributed by atoms with Gasteiger partial charge in [-0.25, -0.2) is 0 Å². The third kappa shape index (κ3) is 5.62. The second-order valence-electron chi connectivity index (χ2n) is 20.6. The van der Waals surface area contributed by atoms with Crippen LogP contribution in [0.25, 0.3) is 110 Å². The smallest absolute Gasteiger partial charge is 0.263 e. The predicted molar refractivity (Wildman–Crippen MR) is 305 cm³/mol. The quantitative estimate of drug-likeness (QED) is 0.155. The number of hydrogen-bond acceptors (Lipinski definition) is 4. The van der Waals surface area contributed by atoms with Crippen molar-refractivity contribution in [1.29, 1.82) is 0 Å². The second kappa shape index (κ2) is 15.4. The molecule has 0 N–H and O–H groups in total. The highest BCUT2D eigenvalue weighted by molar-refractivity contribution is 6.26. The van der Waals surface area contributed by atoms with E-state index >= 15 is 19.2 Å². The van der Waals surface area contributed by atoms with Crippen molar-refractivity contribution in [3.05, 3.63) is 241 Å². The highest BCUT2D eigenvalue weighted by Gasteiger charge is 2.54. The summed E-state index contributed by atoms with van der Waals surface area (Å²) < 4.78 is 8.68. The van der Waals surface area contributed by atoms with Crippen LogP contribution in [-0.4, -0.2) is 57.4 Å². The first-order chi connectivity index (χ1) is 37.7. The summed E-state index contributed by atoms with van der Waals surface area (Å²) in [7, 11) is 0. The van der Waals surface area contributed by atoms with Crippen LogP contribution in [0.4, 0.5) is 0 Å². The van der Waals surface area contributed by atoms with Gasteiger partial charge in [-0.15, -0.1) is 0 Å². The van der Waals surface area contributed by atoms with Crippen molar-refractivity contribution < 1.29 is 19.2 Å². The molecule has 0 atom stereocenters. The first-order valence-corrected chi connectivity index (χ1v) is 25.8. The van der Waals surface area contributed by atoms with E-state index in [0.717, 1.165) is 97.0 Å². The van der Waals surface area contributed by atoms with Crippen molar-refractivity contribution in [2.45, 2.75) is 19.5 Å². The molecule has 0 saturated heterocycles. The number of imide groups is 2. The average Bonchev–Trinajstić information content (AvgIpc) is 4.48. The SMILES string of the molecule is CC(C)(N1C(=O)c2cc(-n3c4ccccc4c4ccccc43)c(-n3c4ccccc4c4ccccc43)cc2C1=O)N1C(=O)c2cc(-n3c4ccccc4c4ccccc43)c(-n3c4ccccc4c4ccccc43)cc2C1=O. The summed E-state index contributed by atoms with van der Waals surface area (Å²) in [5.74, 6) is -2.45. The van der Waals surface area contributed by atoms with Gasteiger partial charge in [-0.3, -0.25) is 29.0 Å². The maximum atomic E-state index is 15.5. The van der Waals surface area contributed by atoms with Crippen LogP contribution < -0.4 is 0 Å². The summed E-state index contributed by atoms with van der Waals surface area (Å²) in [6.07, 6.45) is 0. The van der Waals surface area contributed by atoms with Crippen LogP contribution in [0.5, 0.6) is 0 Å². The summed E-state index contributed by atoms with van der Waals surface area (Å²) in [6.45, 7) is 3.22. The number of rotatable bonds is 6. The number of benzene rings is 10. The molecule has 10 aromatic carbocycles. The van der Waals surface area contributed by atoms with Crippen LogP contribution in [0, 0.1) is 0 Å². The van der Waals surface area contributed by atoms with Crippen molar-refractivity contribution in [1.82, 2.24) is 28.1 Å². The van der Waals surface area contributed by atoms with E-state index in [0.29, 0.717) is 22.7 Å². The molecule has 0 radical (unpaired) electrons. The molecular weight excluding hydrogens is 953 g/mol. The lowest BCUT2D eigenvalue weighted by Gasteiger charge is -2.40. The van der Waals surface area contributed by atoms with Gasteiger partial charge in [-0.1, -0.05) is 146 Å². The number of amides is 4. The third-order valence-electron chi connectivity index (χ3n) is 16.3. The van der Waals surface area contributed by atoms with Crippen LogP contribution in [-0.2, 0) is 0 Å². The van der Waals surface area contributed by atoms with Gasteiger partial charge < -0.3 is 18.3 Å². The lowest BCUT2D eigenvalue weighted by molar-refractivity contribution is 0.00430. The zero-order chi connectivity index (χ0) is 51.6. The van der Waals surface area contributed by atoms with Crippen molar-refractivity contribution in [2.75, 3.05) is 0 Å². The van der Waals surface area contributed by atoms with E-state index in [1.807, 2.05) is 121 Å². The van der Waals surface area contributed by atoms with Gasteiger partial charge in [0.2, 0.25) is 0 Å². The molecule has 10 heteroatoms. The number of nitrogens with zero attached hydrogens (tertiary/aromatic N) is 6. The molecule has 77 heavy (non-hydrogen) atoms.